The number of ether oxygens (including phenoxy) is 3. The first kappa shape index (κ1) is 23.4. The van der Waals surface area contributed by atoms with Crippen LogP contribution >= 0.6 is 0 Å². The molecule has 0 aliphatic carbocycles. The first-order valence-corrected chi connectivity index (χ1v) is 10.7. The van der Waals surface area contributed by atoms with Crippen LogP contribution in [0.15, 0.2) is 42.5 Å². The molecule has 172 valence electrons. The van der Waals surface area contributed by atoms with Crippen LogP contribution in [0.3, 0.4) is 0 Å². The second kappa shape index (κ2) is 11.4. The van der Waals surface area contributed by atoms with Crippen LogP contribution < -0.4 is 19.5 Å². The van der Waals surface area contributed by atoms with Crippen LogP contribution in [-0.2, 0) is 11.2 Å². The van der Waals surface area contributed by atoms with Crippen molar-refractivity contribution in [2.75, 3.05) is 60.6 Å². The highest BCUT2D eigenvalue weighted by Crippen LogP contribution is 2.28. The predicted molar refractivity (Wildman–Crippen MR) is 122 cm³/mol. The van der Waals surface area contributed by atoms with E-state index in [1.54, 1.807) is 44.4 Å². The molecule has 1 N–H and O–H groups in total. The Bertz CT molecular complexity index is 908. The number of piperazine rings is 1. The summed E-state index contributed by atoms with van der Waals surface area (Å²) in [5.41, 5.74) is 1.71. The fraction of sp³-hybridized carbons (Fsp3) is 0.417. The average molecular weight is 442 g/mol. The summed E-state index contributed by atoms with van der Waals surface area (Å²) in [6.45, 7) is 3.39. The van der Waals surface area contributed by atoms with E-state index in [2.05, 4.69) is 10.2 Å². The average Bonchev–Trinajstić information content (AvgIpc) is 2.84. The van der Waals surface area contributed by atoms with Crippen molar-refractivity contribution >= 4 is 11.8 Å². The van der Waals surface area contributed by atoms with Crippen molar-refractivity contribution in [3.05, 3.63) is 53.6 Å². The third-order valence-electron chi connectivity index (χ3n) is 5.55. The summed E-state index contributed by atoms with van der Waals surface area (Å²) >= 11 is 0. The largest absolute Gasteiger partial charge is 0.497 e. The Balaban J connectivity index is 1.41. The minimum absolute atomic E-state index is 0.00169. The van der Waals surface area contributed by atoms with Crippen molar-refractivity contribution < 1.29 is 23.8 Å². The minimum atomic E-state index is -0.0467. The SMILES string of the molecule is COc1ccc(CCNC(=O)CN2CCN(C(=O)c3ccc(OC)c(OC)c3)CC2)cc1. The maximum Gasteiger partial charge on any atom is 0.254 e. The predicted octanol–water partition coefficient (Wildman–Crippen LogP) is 1.83. The summed E-state index contributed by atoms with van der Waals surface area (Å²) in [6, 6.07) is 13.0. The number of benzene rings is 2. The lowest BCUT2D eigenvalue weighted by Gasteiger charge is -2.34. The lowest BCUT2D eigenvalue weighted by molar-refractivity contribution is -0.122. The Morgan fingerprint density at radius 3 is 2.19 bits per heavy atom. The van der Waals surface area contributed by atoms with E-state index in [4.69, 9.17) is 14.2 Å². The van der Waals surface area contributed by atoms with Crippen LogP contribution in [0.25, 0.3) is 0 Å². The summed E-state index contributed by atoms with van der Waals surface area (Å²) in [5, 5.41) is 2.97. The Labute approximate surface area is 189 Å². The topological polar surface area (TPSA) is 80.3 Å². The summed E-state index contributed by atoms with van der Waals surface area (Å²) in [5.74, 6) is 1.89. The van der Waals surface area contributed by atoms with Gasteiger partial charge in [0.2, 0.25) is 5.91 Å². The summed E-state index contributed by atoms with van der Waals surface area (Å²) < 4.78 is 15.7. The molecule has 0 aromatic heterocycles. The summed E-state index contributed by atoms with van der Waals surface area (Å²) in [6.07, 6.45) is 0.767. The first-order chi connectivity index (χ1) is 15.5. The molecule has 0 saturated carbocycles. The quantitative estimate of drug-likeness (QED) is 0.640. The third kappa shape index (κ3) is 6.13. The number of hydrogen-bond donors (Lipinski definition) is 1. The number of hydrogen-bond acceptors (Lipinski definition) is 6. The Kier molecular flexibility index (Phi) is 8.33. The smallest absolute Gasteiger partial charge is 0.254 e. The van der Waals surface area contributed by atoms with Gasteiger partial charge in [-0.2, -0.15) is 0 Å². The van der Waals surface area contributed by atoms with Crippen LogP contribution in [0.5, 0.6) is 17.2 Å². The van der Waals surface area contributed by atoms with Crippen LogP contribution in [0.1, 0.15) is 15.9 Å². The van der Waals surface area contributed by atoms with Crippen molar-refractivity contribution in [3.63, 3.8) is 0 Å². The normalized spacial score (nSPS) is 14.0. The van der Waals surface area contributed by atoms with Gasteiger partial charge >= 0.3 is 0 Å². The van der Waals surface area contributed by atoms with Gasteiger partial charge in [0.05, 0.1) is 27.9 Å². The molecule has 1 heterocycles. The van der Waals surface area contributed by atoms with Crippen molar-refractivity contribution in [2.45, 2.75) is 6.42 Å². The fourth-order valence-corrected chi connectivity index (χ4v) is 3.66. The van der Waals surface area contributed by atoms with E-state index in [9.17, 15) is 9.59 Å². The van der Waals surface area contributed by atoms with Gasteiger partial charge in [-0.1, -0.05) is 12.1 Å². The van der Waals surface area contributed by atoms with Gasteiger partial charge < -0.3 is 24.4 Å². The maximum absolute atomic E-state index is 12.8. The summed E-state index contributed by atoms with van der Waals surface area (Å²) in [7, 11) is 4.75. The number of carbonyl (C=O) groups is 2. The Morgan fingerprint density at radius 1 is 0.875 bits per heavy atom. The lowest BCUT2D eigenvalue weighted by Crippen LogP contribution is -2.51. The monoisotopic (exact) mass is 441 g/mol. The minimum Gasteiger partial charge on any atom is -0.497 e. The molecule has 2 amide bonds. The Morgan fingerprint density at radius 2 is 1.56 bits per heavy atom. The van der Waals surface area contributed by atoms with Gasteiger partial charge in [0.1, 0.15) is 5.75 Å². The molecular formula is C24H31N3O5. The van der Waals surface area contributed by atoms with Crippen molar-refractivity contribution in [1.29, 1.82) is 0 Å². The summed E-state index contributed by atoms with van der Waals surface area (Å²) in [4.78, 5) is 29.0. The molecule has 0 unspecified atom stereocenters. The number of methoxy groups -OCH3 is 3. The molecule has 1 fully saturated rings. The van der Waals surface area contributed by atoms with Crippen molar-refractivity contribution in [3.8, 4) is 17.2 Å². The van der Waals surface area contributed by atoms with Gasteiger partial charge in [-0.05, 0) is 42.3 Å². The molecule has 8 heteroatoms. The number of nitrogens with one attached hydrogen (secondary N) is 1. The second-order valence-electron chi connectivity index (χ2n) is 7.59. The van der Waals surface area contributed by atoms with Gasteiger partial charge in [0.25, 0.3) is 5.91 Å². The molecule has 0 atom stereocenters. The number of amides is 2. The van der Waals surface area contributed by atoms with E-state index in [0.29, 0.717) is 56.3 Å². The van der Waals surface area contributed by atoms with E-state index < -0.39 is 0 Å². The molecule has 3 rings (SSSR count). The zero-order chi connectivity index (χ0) is 22.9. The maximum atomic E-state index is 12.8. The highest BCUT2D eigenvalue weighted by molar-refractivity contribution is 5.95. The molecule has 1 saturated heterocycles. The highest BCUT2D eigenvalue weighted by Gasteiger charge is 2.24. The number of nitrogens with zero attached hydrogens (tertiary/aromatic N) is 2. The van der Waals surface area contributed by atoms with E-state index >= 15 is 0 Å². The van der Waals surface area contributed by atoms with Crippen molar-refractivity contribution in [1.82, 2.24) is 15.1 Å². The standard InChI is InChI=1S/C24H31N3O5/c1-30-20-7-4-18(5-8-20)10-11-25-23(28)17-26-12-14-27(15-13-26)24(29)19-6-9-21(31-2)22(16-19)32-3/h4-9,16H,10-15,17H2,1-3H3,(H,25,28). The second-order valence-corrected chi connectivity index (χ2v) is 7.59. The van der Waals surface area contributed by atoms with Crippen LogP contribution in [0, 0.1) is 0 Å². The zero-order valence-electron chi connectivity index (χ0n) is 18.9. The molecule has 1 aliphatic rings. The van der Waals surface area contributed by atoms with E-state index in [0.717, 1.165) is 17.7 Å². The molecule has 1 aliphatic heterocycles. The molecule has 0 bridgehead atoms. The van der Waals surface area contributed by atoms with Gasteiger partial charge in [-0.25, -0.2) is 0 Å². The molecule has 0 radical (unpaired) electrons. The van der Waals surface area contributed by atoms with Gasteiger partial charge in [-0.15, -0.1) is 0 Å². The third-order valence-corrected chi connectivity index (χ3v) is 5.55. The molecule has 32 heavy (non-hydrogen) atoms. The van der Waals surface area contributed by atoms with Gasteiger partial charge in [-0.3, -0.25) is 14.5 Å². The molecule has 8 nitrogen and oxygen atoms in total. The number of carbonyl (C=O) groups excluding carboxylic acids is 2. The first-order valence-electron chi connectivity index (χ1n) is 10.7. The van der Waals surface area contributed by atoms with Gasteiger partial charge in [0.15, 0.2) is 11.5 Å². The zero-order valence-corrected chi connectivity index (χ0v) is 18.9. The molecule has 2 aromatic carbocycles. The fourth-order valence-electron chi connectivity index (χ4n) is 3.66. The number of rotatable bonds is 9. The van der Waals surface area contributed by atoms with Crippen LogP contribution in [-0.4, -0.2) is 82.2 Å². The van der Waals surface area contributed by atoms with Crippen LogP contribution in [0.2, 0.25) is 0 Å². The van der Waals surface area contributed by atoms with Crippen molar-refractivity contribution in [2.24, 2.45) is 0 Å². The van der Waals surface area contributed by atoms with E-state index in [1.807, 2.05) is 24.3 Å². The van der Waals surface area contributed by atoms with Gasteiger partial charge in [0, 0.05) is 38.3 Å². The van der Waals surface area contributed by atoms with Crippen LogP contribution in [0.4, 0.5) is 0 Å². The molecule has 0 spiro atoms. The highest BCUT2D eigenvalue weighted by atomic mass is 16.5. The lowest BCUT2D eigenvalue weighted by atomic mass is 10.1. The molecule has 2 aromatic rings. The Hall–Kier alpha value is -3.26. The van der Waals surface area contributed by atoms with E-state index in [-0.39, 0.29) is 11.8 Å². The molecular weight excluding hydrogens is 410 g/mol. The van der Waals surface area contributed by atoms with E-state index in [1.165, 1.54) is 0 Å².